The number of ether oxygens (including phenoxy) is 3. The molecule has 0 aliphatic heterocycles. The number of allylic oxidation sites excluding steroid dienone is 22. The summed E-state index contributed by atoms with van der Waals surface area (Å²) in [7, 11) is 0. The fourth-order valence-corrected chi connectivity index (χ4v) is 7.17. The Bertz CT molecular complexity index is 1530. The minimum atomic E-state index is -0.842. The van der Waals surface area contributed by atoms with Crippen LogP contribution in [0.3, 0.4) is 0 Å². The highest BCUT2D eigenvalue weighted by Gasteiger charge is 2.19. The Balaban J connectivity index is 4.61. The summed E-state index contributed by atoms with van der Waals surface area (Å²) in [6.07, 6.45) is 80.2. The zero-order valence-electron chi connectivity index (χ0n) is 45.0. The van der Waals surface area contributed by atoms with Gasteiger partial charge in [0.15, 0.2) is 6.10 Å². The minimum absolute atomic E-state index is 0.130. The van der Waals surface area contributed by atoms with Crippen LogP contribution in [0, 0.1) is 0 Å². The first-order valence-corrected chi connectivity index (χ1v) is 28.2. The Labute approximate surface area is 430 Å². The van der Waals surface area contributed by atoms with E-state index in [2.05, 4.69) is 154 Å². The van der Waals surface area contributed by atoms with Crippen molar-refractivity contribution in [1.29, 1.82) is 0 Å². The van der Waals surface area contributed by atoms with Crippen molar-refractivity contribution in [3.05, 3.63) is 134 Å². The number of hydrogen-bond acceptors (Lipinski definition) is 6. The standard InChI is InChI=1S/C64H102O6/c1-4-7-10-13-16-19-22-25-28-31-34-36-39-42-45-48-51-54-57-63(66)69-60-61(70-64(67)58-55-52-49-46-43-40-37-33-30-27-24-21-18-15-12-9-6-3)59-68-62(65)56-53-50-47-44-41-38-35-32-29-26-23-20-17-14-11-8-5-2/h9,12,17-18,20-21,26-31,34-38,40,44,46-47,49,61H,4-8,10-11,13-16,19,22-25,32-33,39,41-43,45,48,50-60H2,1-3H3/b12-9-,20-17-,21-18-,29-26-,30-27-,31-28-,36-34-,38-35-,40-37-,47-44-,49-46-. The lowest BCUT2D eigenvalue weighted by molar-refractivity contribution is -0.167. The molecule has 0 aromatic rings. The number of carbonyl (C=O) groups is 3. The van der Waals surface area contributed by atoms with Crippen LogP contribution >= 0.6 is 0 Å². The molecule has 1 atom stereocenters. The van der Waals surface area contributed by atoms with Crippen LogP contribution < -0.4 is 0 Å². The van der Waals surface area contributed by atoms with Gasteiger partial charge < -0.3 is 14.2 Å². The molecule has 6 heteroatoms. The van der Waals surface area contributed by atoms with Crippen molar-refractivity contribution in [3.63, 3.8) is 0 Å². The number of rotatable bonds is 49. The van der Waals surface area contributed by atoms with E-state index in [4.69, 9.17) is 14.2 Å². The maximum Gasteiger partial charge on any atom is 0.306 e. The maximum absolute atomic E-state index is 12.8. The molecule has 0 saturated carbocycles. The lowest BCUT2D eigenvalue weighted by atomic mass is 10.1. The van der Waals surface area contributed by atoms with Gasteiger partial charge in [0, 0.05) is 19.3 Å². The normalized spacial score (nSPS) is 13.1. The SMILES string of the molecule is CC/C=C\C/C=C\C/C=C\C/C=C\C/C=C\CCCC(=O)OC(COC(=O)CCC/C=C\C/C=C\C/C=C\C/C=C\CCCCC)COC(=O)CCCCCCC/C=C\C=C/CCCCCCCCC. The summed E-state index contributed by atoms with van der Waals surface area (Å²) in [5.41, 5.74) is 0. The highest BCUT2D eigenvalue weighted by Crippen LogP contribution is 2.12. The summed E-state index contributed by atoms with van der Waals surface area (Å²) < 4.78 is 16.7. The van der Waals surface area contributed by atoms with Gasteiger partial charge >= 0.3 is 17.9 Å². The van der Waals surface area contributed by atoms with Gasteiger partial charge in [-0.25, -0.2) is 0 Å². The van der Waals surface area contributed by atoms with Crippen LogP contribution in [0.25, 0.3) is 0 Å². The van der Waals surface area contributed by atoms with Gasteiger partial charge in [-0.1, -0.05) is 225 Å². The molecule has 0 saturated heterocycles. The van der Waals surface area contributed by atoms with Crippen LogP contribution in [0.4, 0.5) is 0 Å². The van der Waals surface area contributed by atoms with Crippen LogP contribution in [0.15, 0.2) is 134 Å². The van der Waals surface area contributed by atoms with Crippen molar-refractivity contribution in [2.24, 2.45) is 0 Å². The average Bonchev–Trinajstić information content (AvgIpc) is 3.36. The molecule has 0 aliphatic carbocycles. The van der Waals surface area contributed by atoms with Gasteiger partial charge in [0.1, 0.15) is 13.2 Å². The second-order valence-electron chi connectivity index (χ2n) is 18.1. The topological polar surface area (TPSA) is 78.9 Å². The van der Waals surface area contributed by atoms with Gasteiger partial charge in [-0.05, 0) is 122 Å². The molecule has 0 rings (SSSR count). The summed E-state index contributed by atoms with van der Waals surface area (Å²) in [4.78, 5) is 38.1. The largest absolute Gasteiger partial charge is 0.462 e. The molecule has 0 N–H and O–H groups in total. The number of carbonyl (C=O) groups excluding carboxylic acids is 3. The lowest BCUT2D eigenvalue weighted by Gasteiger charge is -2.18. The highest BCUT2D eigenvalue weighted by atomic mass is 16.6. The minimum Gasteiger partial charge on any atom is -0.462 e. The average molecular weight is 968 g/mol. The van der Waals surface area contributed by atoms with E-state index in [1.54, 1.807) is 0 Å². The van der Waals surface area contributed by atoms with E-state index >= 15 is 0 Å². The summed E-state index contributed by atoms with van der Waals surface area (Å²) in [5.74, 6) is -1.07. The third kappa shape index (κ3) is 54.5. The Morgan fingerprint density at radius 3 is 1.04 bits per heavy atom. The quantitative estimate of drug-likeness (QED) is 0.0199. The van der Waals surface area contributed by atoms with Gasteiger partial charge in [-0.15, -0.1) is 0 Å². The van der Waals surface area contributed by atoms with Gasteiger partial charge in [0.2, 0.25) is 0 Å². The third-order valence-electron chi connectivity index (χ3n) is 11.4. The Kier molecular flexibility index (Phi) is 53.5. The molecule has 0 bridgehead atoms. The van der Waals surface area contributed by atoms with Crippen LogP contribution in [-0.2, 0) is 28.6 Å². The fourth-order valence-electron chi connectivity index (χ4n) is 7.17. The number of hydrogen-bond donors (Lipinski definition) is 0. The molecular formula is C64H102O6. The number of unbranched alkanes of at least 4 members (excludes halogenated alkanes) is 17. The van der Waals surface area contributed by atoms with Crippen LogP contribution in [0.5, 0.6) is 0 Å². The van der Waals surface area contributed by atoms with Crippen LogP contribution in [0.2, 0.25) is 0 Å². The van der Waals surface area contributed by atoms with Gasteiger partial charge in [-0.2, -0.15) is 0 Å². The van der Waals surface area contributed by atoms with E-state index in [9.17, 15) is 14.4 Å². The molecule has 0 aliphatic rings. The molecule has 0 aromatic heterocycles. The molecule has 6 nitrogen and oxygen atoms in total. The van der Waals surface area contributed by atoms with Crippen molar-refractivity contribution >= 4 is 17.9 Å². The molecule has 0 fully saturated rings. The summed E-state index contributed by atoms with van der Waals surface area (Å²) >= 11 is 0. The van der Waals surface area contributed by atoms with Gasteiger partial charge in [0.05, 0.1) is 0 Å². The van der Waals surface area contributed by atoms with Crippen molar-refractivity contribution in [1.82, 2.24) is 0 Å². The van der Waals surface area contributed by atoms with Crippen molar-refractivity contribution in [2.75, 3.05) is 13.2 Å². The lowest BCUT2D eigenvalue weighted by Crippen LogP contribution is -2.30. The first kappa shape index (κ1) is 65.5. The zero-order valence-corrected chi connectivity index (χ0v) is 45.0. The Hall–Kier alpha value is -4.45. The van der Waals surface area contributed by atoms with E-state index in [1.165, 1.54) is 77.0 Å². The summed E-state index contributed by atoms with van der Waals surface area (Å²) in [5, 5.41) is 0. The Morgan fingerprint density at radius 1 is 0.314 bits per heavy atom. The van der Waals surface area contributed by atoms with E-state index in [-0.39, 0.29) is 44.0 Å². The maximum atomic E-state index is 12.8. The van der Waals surface area contributed by atoms with Crippen molar-refractivity contribution < 1.29 is 28.6 Å². The number of esters is 3. The zero-order chi connectivity index (χ0) is 50.7. The second kappa shape index (κ2) is 57.1. The molecule has 0 radical (unpaired) electrons. The predicted molar refractivity (Wildman–Crippen MR) is 302 cm³/mol. The van der Waals surface area contributed by atoms with E-state index in [0.717, 1.165) is 103 Å². The third-order valence-corrected chi connectivity index (χ3v) is 11.4. The first-order valence-electron chi connectivity index (χ1n) is 28.2. The second-order valence-corrected chi connectivity index (χ2v) is 18.1. The molecule has 394 valence electrons. The van der Waals surface area contributed by atoms with E-state index in [0.29, 0.717) is 19.3 Å². The monoisotopic (exact) mass is 967 g/mol. The fraction of sp³-hybridized carbons (Fsp3) is 0.609. The van der Waals surface area contributed by atoms with Crippen molar-refractivity contribution in [2.45, 2.75) is 239 Å². The van der Waals surface area contributed by atoms with Crippen LogP contribution in [-0.4, -0.2) is 37.2 Å². The molecule has 0 aromatic carbocycles. The molecule has 1 unspecified atom stereocenters. The van der Waals surface area contributed by atoms with Gasteiger partial charge in [0.25, 0.3) is 0 Å². The van der Waals surface area contributed by atoms with E-state index < -0.39 is 6.10 Å². The Morgan fingerprint density at radius 2 is 0.614 bits per heavy atom. The molecule has 0 spiro atoms. The molecule has 0 heterocycles. The summed E-state index contributed by atoms with van der Waals surface area (Å²) in [6.45, 7) is 6.37. The predicted octanol–water partition coefficient (Wildman–Crippen LogP) is 19.0. The first-order chi connectivity index (χ1) is 34.5. The summed E-state index contributed by atoms with van der Waals surface area (Å²) in [6, 6.07) is 0. The van der Waals surface area contributed by atoms with Gasteiger partial charge in [-0.3, -0.25) is 14.4 Å². The molecular weight excluding hydrogens is 865 g/mol. The van der Waals surface area contributed by atoms with Crippen molar-refractivity contribution in [3.8, 4) is 0 Å². The highest BCUT2D eigenvalue weighted by molar-refractivity contribution is 5.71. The van der Waals surface area contributed by atoms with Crippen LogP contribution in [0.1, 0.15) is 233 Å². The molecule has 70 heavy (non-hydrogen) atoms. The van der Waals surface area contributed by atoms with E-state index in [1.807, 2.05) is 0 Å². The molecule has 0 amide bonds. The smallest absolute Gasteiger partial charge is 0.306 e.